The van der Waals surface area contributed by atoms with Gasteiger partial charge in [0.15, 0.2) is 5.82 Å². The highest BCUT2D eigenvalue weighted by Gasteiger charge is 2.33. The molecule has 32 heavy (non-hydrogen) atoms. The predicted octanol–water partition coefficient (Wildman–Crippen LogP) is 3.37. The van der Waals surface area contributed by atoms with Gasteiger partial charge in [-0.1, -0.05) is 65.8 Å². The van der Waals surface area contributed by atoms with Gasteiger partial charge in [0, 0.05) is 32.5 Å². The van der Waals surface area contributed by atoms with Crippen molar-refractivity contribution in [1.29, 1.82) is 0 Å². The summed E-state index contributed by atoms with van der Waals surface area (Å²) >= 11 is 0. The highest BCUT2D eigenvalue weighted by Crippen LogP contribution is 2.30. The van der Waals surface area contributed by atoms with Crippen molar-refractivity contribution in [3.63, 3.8) is 0 Å². The molecule has 3 amide bonds. The number of hydrogen-bond acceptors (Lipinski definition) is 5. The standard InChI is InChI=1S/C24H27N5O3/c30-21(25-16-18-8-3-1-4-9-18)13-14-22-27-23(28-32-22)20-12-7-15-29(20)24(31)26-17-19-10-5-2-6-11-19/h1-6,8-11,20H,7,12-17H2,(H,25,30)(H,26,31). The molecule has 3 aromatic rings. The van der Waals surface area contributed by atoms with Crippen molar-refractivity contribution in [3.05, 3.63) is 83.5 Å². The van der Waals surface area contributed by atoms with E-state index in [0.29, 0.717) is 37.8 Å². The molecule has 8 nitrogen and oxygen atoms in total. The number of urea groups is 1. The van der Waals surface area contributed by atoms with Crippen molar-refractivity contribution in [1.82, 2.24) is 25.7 Å². The predicted molar refractivity (Wildman–Crippen MR) is 118 cm³/mol. The fourth-order valence-electron chi connectivity index (χ4n) is 3.76. The fourth-order valence-corrected chi connectivity index (χ4v) is 3.76. The maximum absolute atomic E-state index is 12.7. The molecule has 1 aliphatic rings. The molecule has 0 saturated carbocycles. The van der Waals surface area contributed by atoms with Gasteiger partial charge in [-0.05, 0) is 24.0 Å². The van der Waals surface area contributed by atoms with E-state index in [1.54, 1.807) is 4.90 Å². The summed E-state index contributed by atoms with van der Waals surface area (Å²) in [6, 6.07) is 19.2. The number of carbonyl (C=O) groups is 2. The van der Waals surface area contributed by atoms with E-state index in [9.17, 15) is 9.59 Å². The van der Waals surface area contributed by atoms with E-state index < -0.39 is 0 Å². The summed E-state index contributed by atoms with van der Waals surface area (Å²) in [6.07, 6.45) is 2.30. The molecular formula is C24H27N5O3. The first-order valence-electron chi connectivity index (χ1n) is 10.9. The molecular weight excluding hydrogens is 406 g/mol. The zero-order valence-corrected chi connectivity index (χ0v) is 17.9. The van der Waals surface area contributed by atoms with Gasteiger partial charge in [0.05, 0.1) is 6.04 Å². The second-order valence-electron chi connectivity index (χ2n) is 7.80. The van der Waals surface area contributed by atoms with Crippen LogP contribution in [0.2, 0.25) is 0 Å². The first-order valence-corrected chi connectivity index (χ1v) is 10.9. The molecule has 0 spiro atoms. The SMILES string of the molecule is O=C(CCc1nc(C2CCCN2C(=O)NCc2ccccc2)no1)NCc1ccccc1. The minimum atomic E-state index is -0.213. The highest BCUT2D eigenvalue weighted by molar-refractivity contribution is 5.76. The molecule has 1 fully saturated rings. The summed E-state index contributed by atoms with van der Waals surface area (Å²) in [5.41, 5.74) is 2.09. The Morgan fingerprint density at radius 3 is 2.31 bits per heavy atom. The number of likely N-dealkylation sites (tertiary alicyclic amines) is 1. The van der Waals surface area contributed by atoms with Gasteiger partial charge in [-0.2, -0.15) is 4.98 Å². The molecule has 2 aromatic carbocycles. The van der Waals surface area contributed by atoms with Crippen LogP contribution in [0.3, 0.4) is 0 Å². The third-order valence-corrected chi connectivity index (χ3v) is 5.48. The molecule has 2 N–H and O–H groups in total. The van der Waals surface area contributed by atoms with Crippen LogP contribution in [0.15, 0.2) is 65.2 Å². The van der Waals surface area contributed by atoms with Crippen LogP contribution in [0, 0.1) is 0 Å². The zero-order valence-electron chi connectivity index (χ0n) is 17.9. The minimum absolute atomic E-state index is 0.0728. The Hall–Kier alpha value is -3.68. The van der Waals surface area contributed by atoms with Crippen molar-refractivity contribution < 1.29 is 14.1 Å². The van der Waals surface area contributed by atoms with Crippen LogP contribution < -0.4 is 10.6 Å². The van der Waals surface area contributed by atoms with Gasteiger partial charge >= 0.3 is 6.03 Å². The van der Waals surface area contributed by atoms with Crippen molar-refractivity contribution in [3.8, 4) is 0 Å². The first kappa shape index (κ1) is 21.5. The maximum atomic E-state index is 12.7. The number of amides is 3. The Bertz CT molecular complexity index is 1020. The Morgan fingerprint density at radius 1 is 0.969 bits per heavy atom. The Morgan fingerprint density at radius 2 is 1.62 bits per heavy atom. The van der Waals surface area contributed by atoms with Crippen LogP contribution in [-0.2, 0) is 24.3 Å². The van der Waals surface area contributed by atoms with Crippen molar-refractivity contribution >= 4 is 11.9 Å². The number of hydrogen-bond donors (Lipinski definition) is 2. The lowest BCUT2D eigenvalue weighted by Gasteiger charge is -2.22. The van der Waals surface area contributed by atoms with Gasteiger partial charge in [0.1, 0.15) is 0 Å². The van der Waals surface area contributed by atoms with Crippen LogP contribution in [0.1, 0.15) is 48.1 Å². The van der Waals surface area contributed by atoms with Crippen LogP contribution in [0.4, 0.5) is 4.79 Å². The van der Waals surface area contributed by atoms with Gasteiger partial charge < -0.3 is 20.1 Å². The zero-order chi connectivity index (χ0) is 22.2. The molecule has 1 atom stereocenters. The fraction of sp³-hybridized carbons (Fsp3) is 0.333. The number of aromatic nitrogens is 2. The molecule has 0 aliphatic carbocycles. The maximum Gasteiger partial charge on any atom is 0.318 e. The van der Waals surface area contributed by atoms with Gasteiger partial charge in [-0.25, -0.2) is 4.79 Å². The minimum Gasteiger partial charge on any atom is -0.352 e. The average molecular weight is 434 g/mol. The molecule has 1 unspecified atom stereocenters. The summed E-state index contributed by atoms with van der Waals surface area (Å²) in [5.74, 6) is 0.833. The number of rotatable bonds is 8. The average Bonchev–Trinajstić information content (AvgIpc) is 3.51. The lowest BCUT2D eigenvalue weighted by Crippen LogP contribution is -2.39. The quantitative estimate of drug-likeness (QED) is 0.567. The molecule has 0 bridgehead atoms. The Balaban J connectivity index is 1.26. The molecule has 1 aliphatic heterocycles. The van der Waals surface area contributed by atoms with Crippen molar-refractivity contribution in [2.75, 3.05) is 6.54 Å². The van der Waals surface area contributed by atoms with E-state index >= 15 is 0 Å². The Kier molecular flexibility index (Phi) is 7.12. The second kappa shape index (κ2) is 10.6. The number of benzene rings is 2. The van der Waals surface area contributed by atoms with Crippen molar-refractivity contribution in [2.24, 2.45) is 0 Å². The second-order valence-corrected chi connectivity index (χ2v) is 7.80. The van der Waals surface area contributed by atoms with E-state index in [2.05, 4.69) is 20.8 Å². The lowest BCUT2D eigenvalue weighted by molar-refractivity contribution is -0.121. The summed E-state index contributed by atoms with van der Waals surface area (Å²) in [6.45, 7) is 1.61. The third-order valence-electron chi connectivity index (χ3n) is 5.48. The topological polar surface area (TPSA) is 100 Å². The molecule has 1 aromatic heterocycles. The molecule has 166 valence electrons. The number of aryl methyl sites for hydroxylation is 1. The summed E-state index contributed by atoms with van der Waals surface area (Å²) in [7, 11) is 0. The molecule has 4 rings (SSSR count). The van der Waals surface area contributed by atoms with E-state index in [4.69, 9.17) is 4.52 Å². The van der Waals surface area contributed by atoms with E-state index in [1.165, 1.54) is 0 Å². The Labute approximate surface area is 187 Å². The number of carbonyl (C=O) groups excluding carboxylic acids is 2. The normalized spacial score (nSPS) is 15.5. The van der Waals surface area contributed by atoms with Gasteiger partial charge in [0.2, 0.25) is 11.8 Å². The van der Waals surface area contributed by atoms with Crippen LogP contribution in [0.5, 0.6) is 0 Å². The molecule has 0 radical (unpaired) electrons. The van der Waals surface area contributed by atoms with Gasteiger partial charge in [-0.3, -0.25) is 4.79 Å². The van der Waals surface area contributed by atoms with E-state index in [1.807, 2.05) is 60.7 Å². The van der Waals surface area contributed by atoms with Crippen LogP contribution >= 0.6 is 0 Å². The molecule has 1 saturated heterocycles. The largest absolute Gasteiger partial charge is 0.352 e. The van der Waals surface area contributed by atoms with Gasteiger partial charge in [-0.15, -0.1) is 0 Å². The molecule has 8 heteroatoms. The van der Waals surface area contributed by atoms with Crippen LogP contribution in [-0.4, -0.2) is 33.5 Å². The van der Waals surface area contributed by atoms with E-state index in [-0.39, 0.29) is 24.4 Å². The summed E-state index contributed by atoms with van der Waals surface area (Å²) in [4.78, 5) is 31.0. The third kappa shape index (κ3) is 5.72. The number of nitrogens with zero attached hydrogens (tertiary/aromatic N) is 3. The van der Waals surface area contributed by atoms with E-state index in [0.717, 1.165) is 24.0 Å². The molecule has 2 heterocycles. The lowest BCUT2D eigenvalue weighted by atomic mass is 10.2. The number of nitrogens with one attached hydrogen (secondary N) is 2. The summed E-state index contributed by atoms with van der Waals surface area (Å²) < 4.78 is 5.35. The van der Waals surface area contributed by atoms with Crippen molar-refractivity contribution in [2.45, 2.75) is 44.8 Å². The summed E-state index contributed by atoms with van der Waals surface area (Å²) in [5, 5.41) is 9.93. The smallest absolute Gasteiger partial charge is 0.318 e. The van der Waals surface area contributed by atoms with Crippen LogP contribution in [0.25, 0.3) is 0 Å². The first-order chi connectivity index (χ1) is 15.7. The van der Waals surface area contributed by atoms with Gasteiger partial charge in [0.25, 0.3) is 0 Å². The monoisotopic (exact) mass is 433 g/mol. The highest BCUT2D eigenvalue weighted by atomic mass is 16.5.